The number of carbonyl (C=O) groups excluding carboxylic acids is 4. The summed E-state index contributed by atoms with van der Waals surface area (Å²) in [6.45, 7) is 8.17. The molecule has 2 amide bonds. The standard InChI is InChI=1S/C27H46N2O9/c1-5-6-13-16-28-23(33)15-12-10-8-7-9-11-14-17-35-27-24(29-19(2)30)26(37-21(4)32)25(34)22(38-27)18-36-20(3)31/h5,22,24-27,34H,1,6-18H2,2-4H3,(H,28,33)(H,29,30)/t22-,24-,25+,26-,27-/m1/s1. The Kier molecular flexibility index (Phi) is 17.3. The Morgan fingerprint density at radius 3 is 2.21 bits per heavy atom. The van der Waals surface area contributed by atoms with E-state index in [-0.39, 0.29) is 12.5 Å². The third-order valence-corrected chi connectivity index (χ3v) is 6.03. The highest BCUT2D eigenvalue weighted by atomic mass is 16.7. The summed E-state index contributed by atoms with van der Waals surface area (Å²) in [5.41, 5.74) is 0. The van der Waals surface area contributed by atoms with E-state index in [1.54, 1.807) is 0 Å². The van der Waals surface area contributed by atoms with Gasteiger partial charge in [0.25, 0.3) is 0 Å². The van der Waals surface area contributed by atoms with E-state index in [0.29, 0.717) is 19.6 Å². The average molecular weight is 543 g/mol. The molecule has 1 rings (SSSR count). The second kappa shape index (κ2) is 19.6. The molecule has 11 heteroatoms. The maximum absolute atomic E-state index is 11.8. The van der Waals surface area contributed by atoms with Crippen LogP contribution in [-0.2, 0) is 38.1 Å². The third kappa shape index (κ3) is 14.4. The molecule has 11 nitrogen and oxygen atoms in total. The molecule has 1 aliphatic rings. The van der Waals surface area contributed by atoms with E-state index in [1.807, 2.05) is 6.08 Å². The molecule has 218 valence electrons. The molecule has 1 aliphatic heterocycles. The van der Waals surface area contributed by atoms with Gasteiger partial charge in [-0.15, -0.1) is 6.58 Å². The lowest BCUT2D eigenvalue weighted by molar-refractivity contribution is -0.274. The van der Waals surface area contributed by atoms with E-state index < -0.39 is 48.5 Å². The molecule has 0 unspecified atom stereocenters. The summed E-state index contributed by atoms with van der Waals surface area (Å²) in [5, 5.41) is 16.2. The third-order valence-electron chi connectivity index (χ3n) is 6.03. The Morgan fingerprint density at radius 2 is 1.61 bits per heavy atom. The zero-order valence-corrected chi connectivity index (χ0v) is 23.1. The van der Waals surface area contributed by atoms with Crippen molar-refractivity contribution in [2.75, 3.05) is 19.8 Å². The van der Waals surface area contributed by atoms with Gasteiger partial charge in [-0.2, -0.15) is 0 Å². The summed E-state index contributed by atoms with van der Waals surface area (Å²) in [6.07, 6.45) is 6.45. The second-order valence-electron chi connectivity index (χ2n) is 9.51. The minimum atomic E-state index is -1.33. The molecule has 0 radical (unpaired) electrons. The molecular formula is C27H46N2O9. The molecule has 3 N–H and O–H groups in total. The lowest BCUT2D eigenvalue weighted by Crippen LogP contribution is -2.65. The van der Waals surface area contributed by atoms with Gasteiger partial charge in [-0.3, -0.25) is 19.2 Å². The zero-order chi connectivity index (χ0) is 28.3. The predicted octanol–water partition coefficient (Wildman–Crippen LogP) is 2.29. The van der Waals surface area contributed by atoms with Crippen molar-refractivity contribution in [1.29, 1.82) is 0 Å². The van der Waals surface area contributed by atoms with E-state index in [9.17, 15) is 24.3 Å². The molecule has 5 atom stereocenters. The highest BCUT2D eigenvalue weighted by Gasteiger charge is 2.48. The number of nitrogens with one attached hydrogen (secondary N) is 2. The second-order valence-corrected chi connectivity index (χ2v) is 9.51. The van der Waals surface area contributed by atoms with Crippen LogP contribution in [0.2, 0.25) is 0 Å². The van der Waals surface area contributed by atoms with Crippen molar-refractivity contribution in [1.82, 2.24) is 10.6 Å². The number of aliphatic hydroxyl groups excluding tert-OH is 1. The van der Waals surface area contributed by atoms with Crippen LogP contribution in [0.5, 0.6) is 0 Å². The summed E-state index contributed by atoms with van der Waals surface area (Å²) in [6, 6.07) is -0.931. The van der Waals surface area contributed by atoms with Crippen LogP contribution in [0.25, 0.3) is 0 Å². The number of rotatable bonds is 19. The van der Waals surface area contributed by atoms with Crippen LogP contribution >= 0.6 is 0 Å². The van der Waals surface area contributed by atoms with E-state index >= 15 is 0 Å². The maximum atomic E-state index is 11.8. The van der Waals surface area contributed by atoms with Crippen molar-refractivity contribution >= 4 is 23.8 Å². The quantitative estimate of drug-likeness (QED) is 0.127. The molecule has 0 spiro atoms. The molecule has 38 heavy (non-hydrogen) atoms. The minimum absolute atomic E-state index is 0.104. The van der Waals surface area contributed by atoms with Crippen molar-refractivity contribution in [2.45, 2.75) is 116 Å². The topological polar surface area (TPSA) is 149 Å². The van der Waals surface area contributed by atoms with E-state index in [2.05, 4.69) is 17.2 Å². The van der Waals surface area contributed by atoms with Gasteiger partial charge in [0.15, 0.2) is 12.4 Å². The minimum Gasteiger partial charge on any atom is -0.463 e. The van der Waals surface area contributed by atoms with Gasteiger partial charge in [0, 0.05) is 40.3 Å². The van der Waals surface area contributed by atoms with E-state index in [4.69, 9.17) is 18.9 Å². The average Bonchev–Trinajstić information content (AvgIpc) is 2.85. The number of esters is 2. The van der Waals surface area contributed by atoms with Gasteiger partial charge in [0.2, 0.25) is 11.8 Å². The van der Waals surface area contributed by atoms with Crippen molar-refractivity contribution in [3.63, 3.8) is 0 Å². The van der Waals surface area contributed by atoms with Crippen LogP contribution in [0, 0.1) is 0 Å². The Hall–Kier alpha value is -2.50. The lowest BCUT2D eigenvalue weighted by Gasteiger charge is -2.43. The van der Waals surface area contributed by atoms with Crippen LogP contribution in [-0.4, -0.2) is 79.3 Å². The number of amides is 2. The maximum Gasteiger partial charge on any atom is 0.303 e. The Morgan fingerprint density at radius 1 is 0.947 bits per heavy atom. The van der Waals surface area contributed by atoms with E-state index in [0.717, 1.165) is 57.8 Å². The first-order valence-electron chi connectivity index (χ1n) is 13.6. The fourth-order valence-corrected chi connectivity index (χ4v) is 4.15. The molecule has 0 aromatic carbocycles. The molecular weight excluding hydrogens is 496 g/mol. The van der Waals surface area contributed by atoms with Gasteiger partial charge in [-0.05, 0) is 25.7 Å². The number of hydrogen-bond donors (Lipinski definition) is 3. The number of hydrogen-bond acceptors (Lipinski definition) is 9. The Labute approximate surface area is 226 Å². The van der Waals surface area contributed by atoms with Crippen LogP contribution in [0.1, 0.15) is 85.0 Å². The van der Waals surface area contributed by atoms with Crippen LogP contribution in [0.15, 0.2) is 12.7 Å². The number of unbranched alkanes of at least 4 members (excludes halogenated alkanes) is 7. The number of allylic oxidation sites excluding steroid dienone is 1. The normalized spacial score (nSPS) is 22.8. The molecule has 0 aromatic rings. The molecule has 1 fully saturated rings. The summed E-state index contributed by atoms with van der Waals surface area (Å²) >= 11 is 0. The lowest BCUT2D eigenvalue weighted by atomic mass is 9.96. The summed E-state index contributed by atoms with van der Waals surface area (Å²) in [7, 11) is 0. The van der Waals surface area contributed by atoms with Gasteiger partial charge in [0.1, 0.15) is 24.9 Å². The largest absolute Gasteiger partial charge is 0.463 e. The summed E-state index contributed by atoms with van der Waals surface area (Å²) in [5.74, 6) is -1.48. The highest BCUT2D eigenvalue weighted by Crippen LogP contribution is 2.26. The first kappa shape index (κ1) is 33.5. The van der Waals surface area contributed by atoms with Gasteiger partial charge in [-0.1, -0.05) is 38.2 Å². The van der Waals surface area contributed by atoms with Crippen molar-refractivity contribution < 1.29 is 43.2 Å². The highest BCUT2D eigenvalue weighted by molar-refractivity contribution is 5.75. The van der Waals surface area contributed by atoms with Gasteiger partial charge < -0.3 is 34.7 Å². The number of carbonyl (C=O) groups is 4. The van der Waals surface area contributed by atoms with Crippen molar-refractivity contribution in [3.8, 4) is 0 Å². The SMILES string of the molecule is C=CCCCNC(=O)CCCCCCCCCO[C@@H]1O[C@H](COC(C)=O)[C@H](O)[C@H](OC(C)=O)[C@H]1NC(C)=O. The summed E-state index contributed by atoms with van der Waals surface area (Å²) < 4.78 is 22.0. The van der Waals surface area contributed by atoms with Gasteiger partial charge >= 0.3 is 11.9 Å². The first-order valence-corrected chi connectivity index (χ1v) is 13.6. The van der Waals surface area contributed by atoms with Crippen LogP contribution in [0.4, 0.5) is 0 Å². The van der Waals surface area contributed by atoms with Crippen molar-refractivity contribution in [3.05, 3.63) is 12.7 Å². The monoisotopic (exact) mass is 542 g/mol. The number of ether oxygens (including phenoxy) is 4. The molecule has 1 saturated heterocycles. The molecule has 0 bridgehead atoms. The Balaban J connectivity index is 2.40. The number of aliphatic hydroxyl groups is 1. The molecule has 1 heterocycles. The predicted molar refractivity (Wildman–Crippen MR) is 140 cm³/mol. The Bertz CT molecular complexity index is 746. The molecule has 0 saturated carbocycles. The fourth-order valence-electron chi connectivity index (χ4n) is 4.15. The van der Waals surface area contributed by atoms with E-state index in [1.165, 1.54) is 20.8 Å². The zero-order valence-electron chi connectivity index (χ0n) is 23.1. The fraction of sp³-hybridized carbons (Fsp3) is 0.778. The van der Waals surface area contributed by atoms with Gasteiger partial charge in [-0.25, -0.2) is 0 Å². The van der Waals surface area contributed by atoms with Crippen molar-refractivity contribution in [2.24, 2.45) is 0 Å². The van der Waals surface area contributed by atoms with Crippen LogP contribution in [0.3, 0.4) is 0 Å². The molecule has 0 aromatic heterocycles. The smallest absolute Gasteiger partial charge is 0.303 e. The van der Waals surface area contributed by atoms with Crippen LogP contribution < -0.4 is 10.6 Å². The summed E-state index contributed by atoms with van der Waals surface area (Å²) in [4.78, 5) is 46.4. The first-order chi connectivity index (χ1) is 18.1. The molecule has 0 aliphatic carbocycles. The van der Waals surface area contributed by atoms with Gasteiger partial charge in [0.05, 0.1) is 0 Å².